The number of carbonyl (C=O) groups is 1. The Morgan fingerprint density at radius 2 is 1.80 bits per heavy atom. The van der Waals surface area contributed by atoms with Gasteiger partial charge in [-0.15, -0.1) is 0 Å². The first kappa shape index (κ1) is 12.7. The molecule has 0 unspecified atom stereocenters. The van der Waals surface area contributed by atoms with E-state index in [1.807, 2.05) is 0 Å². The lowest BCUT2D eigenvalue weighted by atomic mass is 9.82. The zero-order chi connectivity index (χ0) is 11.1. The van der Waals surface area contributed by atoms with E-state index >= 15 is 0 Å². The first-order valence-corrected chi connectivity index (χ1v) is 6.52. The topological polar surface area (TPSA) is 43.1 Å². The summed E-state index contributed by atoms with van der Waals surface area (Å²) >= 11 is 0. The van der Waals surface area contributed by atoms with E-state index in [0.29, 0.717) is 17.7 Å². The maximum absolute atomic E-state index is 11.8. The van der Waals surface area contributed by atoms with Crippen molar-refractivity contribution in [2.24, 2.45) is 11.7 Å². The van der Waals surface area contributed by atoms with E-state index in [4.69, 9.17) is 5.73 Å². The highest BCUT2D eigenvalue weighted by molar-refractivity contribution is 5.81. The van der Waals surface area contributed by atoms with Crippen LogP contribution in [0.15, 0.2) is 0 Å². The van der Waals surface area contributed by atoms with Crippen LogP contribution in [0.4, 0.5) is 0 Å². The molecule has 0 aromatic rings. The summed E-state index contributed by atoms with van der Waals surface area (Å²) in [5, 5.41) is 0. The molecule has 0 aromatic heterocycles. The molecule has 1 aliphatic carbocycles. The molecule has 1 aliphatic rings. The van der Waals surface area contributed by atoms with Crippen molar-refractivity contribution in [2.45, 2.75) is 70.8 Å². The summed E-state index contributed by atoms with van der Waals surface area (Å²) in [6.07, 6.45) is 9.79. The molecule has 0 amide bonds. The summed E-state index contributed by atoms with van der Waals surface area (Å²) in [5.41, 5.74) is 5.83. The molecule has 1 saturated carbocycles. The molecule has 1 fully saturated rings. The molecular weight excluding hydrogens is 186 g/mol. The van der Waals surface area contributed by atoms with Gasteiger partial charge in [0.1, 0.15) is 5.78 Å². The van der Waals surface area contributed by atoms with Crippen LogP contribution in [0.25, 0.3) is 0 Å². The lowest BCUT2D eigenvalue weighted by molar-refractivity contribution is -0.123. The minimum Gasteiger partial charge on any atom is -0.328 e. The lowest BCUT2D eigenvalue weighted by Crippen LogP contribution is -2.29. The van der Waals surface area contributed by atoms with Crippen molar-refractivity contribution in [1.29, 1.82) is 0 Å². The van der Waals surface area contributed by atoms with Crippen molar-refractivity contribution in [3.63, 3.8) is 0 Å². The van der Waals surface area contributed by atoms with Crippen LogP contribution in [0.3, 0.4) is 0 Å². The molecule has 1 rings (SSSR count). The molecule has 0 aromatic carbocycles. The van der Waals surface area contributed by atoms with Crippen LogP contribution in [0.1, 0.15) is 64.7 Å². The molecule has 2 heteroatoms. The van der Waals surface area contributed by atoms with E-state index in [2.05, 4.69) is 6.92 Å². The molecule has 2 nitrogen and oxygen atoms in total. The zero-order valence-corrected chi connectivity index (χ0v) is 10.0. The first-order valence-electron chi connectivity index (χ1n) is 6.52. The summed E-state index contributed by atoms with van der Waals surface area (Å²) in [4.78, 5) is 11.8. The normalized spacial score (nSPS) is 26.5. The highest BCUT2D eigenvalue weighted by Crippen LogP contribution is 2.25. The Hall–Kier alpha value is -0.370. The Balaban J connectivity index is 2.11. The molecule has 2 N–H and O–H groups in total. The van der Waals surface area contributed by atoms with Crippen molar-refractivity contribution in [3.8, 4) is 0 Å². The van der Waals surface area contributed by atoms with Gasteiger partial charge >= 0.3 is 0 Å². The van der Waals surface area contributed by atoms with Crippen LogP contribution in [-0.4, -0.2) is 11.8 Å². The second kappa shape index (κ2) is 7.00. The highest BCUT2D eigenvalue weighted by Gasteiger charge is 2.23. The third-order valence-electron chi connectivity index (χ3n) is 3.50. The highest BCUT2D eigenvalue weighted by atomic mass is 16.1. The number of hydrogen-bond acceptors (Lipinski definition) is 2. The fourth-order valence-electron chi connectivity index (χ4n) is 2.37. The minimum absolute atomic E-state index is 0.339. The quantitative estimate of drug-likeness (QED) is 0.686. The number of rotatable bonds is 6. The molecule has 0 spiro atoms. The number of carbonyl (C=O) groups excluding carboxylic acids is 1. The van der Waals surface area contributed by atoms with E-state index in [0.717, 1.165) is 38.5 Å². The Morgan fingerprint density at radius 3 is 2.40 bits per heavy atom. The van der Waals surface area contributed by atoms with E-state index in [-0.39, 0.29) is 0 Å². The third-order valence-corrected chi connectivity index (χ3v) is 3.50. The van der Waals surface area contributed by atoms with E-state index in [1.54, 1.807) is 0 Å². The molecule has 15 heavy (non-hydrogen) atoms. The second-order valence-electron chi connectivity index (χ2n) is 4.89. The summed E-state index contributed by atoms with van der Waals surface area (Å²) < 4.78 is 0. The molecule has 0 atom stereocenters. The molecule has 88 valence electrons. The van der Waals surface area contributed by atoms with Gasteiger partial charge in [0.15, 0.2) is 0 Å². The van der Waals surface area contributed by atoms with E-state index in [1.165, 1.54) is 19.3 Å². The van der Waals surface area contributed by atoms with Gasteiger partial charge in [0.2, 0.25) is 0 Å². The van der Waals surface area contributed by atoms with Crippen molar-refractivity contribution in [3.05, 3.63) is 0 Å². The maximum Gasteiger partial charge on any atom is 0.135 e. The third kappa shape index (κ3) is 4.78. The van der Waals surface area contributed by atoms with Gasteiger partial charge < -0.3 is 5.73 Å². The summed E-state index contributed by atoms with van der Waals surface area (Å²) in [5.74, 6) is 0.837. The molecule has 0 aliphatic heterocycles. The van der Waals surface area contributed by atoms with Gasteiger partial charge in [0.25, 0.3) is 0 Å². The summed E-state index contributed by atoms with van der Waals surface area (Å²) in [6.45, 7) is 2.20. The second-order valence-corrected chi connectivity index (χ2v) is 4.89. The standard InChI is InChI=1S/C13H25NO/c1-2-3-4-5-6-13(15)11-7-9-12(14)10-8-11/h11-12H,2-10,14H2,1H3. The predicted octanol–water partition coefficient (Wildman–Crippen LogP) is 3.04. The van der Waals surface area contributed by atoms with Gasteiger partial charge in [0, 0.05) is 18.4 Å². The fraction of sp³-hybridized carbons (Fsp3) is 0.923. The van der Waals surface area contributed by atoms with Crippen LogP contribution in [0.2, 0.25) is 0 Å². The number of nitrogens with two attached hydrogens (primary N) is 1. The van der Waals surface area contributed by atoms with E-state index < -0.39 is 0 Å². The number of ketones is 1. The smallest absolute Gasteiger partial charge is 0.135 e. The summed E-state index contributed by atoms with van der Waals surface area (Å²) in [7, 11) is 0. The Labute approximate surface area is 93.6 Å². The van der Waals surface area contributed by atoms with Gasteiger partial charge in [-0.3, -0.25) is 4.79 Å². The largest absolute Gasteiger partial charge is 0.328 e. The van der Waals surface area contributed by atoms with Crippen LogP contribution < -0.4 is 5.73 Å². The average molecular weight is 211 g/mol. The van der Waals surface area contributed by atoms with Crippen LogP contribution in [0, 0.1) is 5.92 Å². The van der Waals surface area contributed by atoms with Crippen molar-refractivity contribution in [1.82, 2.24) is 0 Å². The number of unbranched alkanes of at least 4 members (excludes halogenated alkanes) is 3. The van der Waals surface area contributed by atoms with Crippen LogP contribution in [0.5, 0.6) is 0 Å². The molecule has 0 saturated heterocycles. The monoisotopic (exact) mass is 211 g/mol. The zero-order valence-electron chi connectivity index (χ0n) is 10.0. The van der Waals surface area contributed by atoms with Crippen molar-refractivity contribution in [2.75, 3.05) is 0 Å². The summed E-state index contributed by atoms with van der Waals surface area (Å²) in [6, 6.07) is 0.356. The van der Waals surface area contributed by atoms with Gasteiger partial charge in [-0.2, -0.15) is 0 Å². The fourth-order valence-corrected chi connectivity index (χ4v) is 2.37. The number of Topliss-reactive ketones (excluding diaryl/α,β-unsaturated/α-hetero) is 1. The maximum atomic E-state index is 11.8. The molecule has 0 bridgehead atoms. The van der Waals surface area contributed by atoms with Gasteiger partial charge in [-0.25, -0.2) is 0 Å². The van der Waals surface area contributed by atoms with Crippen LogP contribution >= 0.6 is 0 Å². The van der Waals surface area contributed by atoms with Crippen LogP contribution in [-0.2, 0) is 4.79 Å². The average Bonchev–Trinajstić information content (AvgIpc) is 2.25. The minimum atomic E-state index is 0.339. The molecule has 0 radical (unpaired) electrons. The lowest BCUT2D eigenvalue weighted by Gasteiger charge is -2.24. The Morgan fingerprint density at radius 1 is 1.13 bits per heavy atom. The van der Waals surface area contributed by atoms with Gasteiger partial charge in [-0.05, 0) is 32.1 Å². The Bertz CT molecular complexity index is 183. The number of hydrogen-bond donors (Lipinski definition) is 1. The SMILES string of the molecule is CCCCCCC(=O)C1CCC(N)CC1. The molecule has 0 heterocycles. The Kier molecular flexibility index (Phi) is 5.92. The van der Waals surface area contributed by atoms with Crippen molar-refractivity contribution < 1.29 is 4.79 Å². The predicted molar refractivity (Wildman–Crippen MR) is 63.7 cm³/mol. The van der Waals surface area contributed by atoms with Crippen molar-refractivity contribution >= 4 is 5.78 Å². The van der Waals surface area contributed by atoms with Gasteiger partial charge in [-0.1, -0.05) is 26.2 Å². The molecular formula is C13H25NO. The van der Waals surface area contributed by atoms with Gasteiger partial charge in [0.05, 0.1) is 0 Å². The van der Waals surface area contributed by atoms with E-state index in [9.17, 15) is 4.79 Å². The first-order chi connectivity index (χ1) is 7.24.